The van der Waals surface area contributed by atoms with E-state index in [-0.39, 0.29) is 30.2 Å². The van der Waals surface area contributed by atoms with E-state index in [1.165, 1.54) is 6.07 Å². The Labute approximate surface area is 215 Å². The van der Waals surface area contributed by atoms with Crippen LogP contribution in [-0.2, 0) is 17.8 Å². The summed E-state index contributed by atoms with van der Waals surface area (Å²) in [5, 5.41) is 19.2. The van der Waals surface area contributed by atoms with Crippen molar-refractivity contribution in [3.05, 3.63) is 76.7 Å². The number of aryl methyl sites for hydroxylation is 1. The molecule has 7 heteroatoms. The first-order valence-electron chi connectivity index (χ1n) is 12.9. The molecule has 0 radical (unpaired) electrons. The Balaban J connectivity index is 1.09. The summed E-state index contributed by atoms with van der Waals surface area (Å²) in [7, 11) is 0. The minimum Gasteiger partial charge on any atom is -0.489 e. The smallest absolute Gasteiger partial charge is 0.307 e. The molecule has 0 unspecified atom stereocenters. The largest absolute Gasteiger partial charge is 0.489 e. The van der Waals surface area contributed by atoms with Crippen LogP contribution >= 0.6 is 0 Å². The lowest BCUT2D eigenvalue weighted by molar-refractivity contribution is -0.139. The average molecular weight is 504 g/mol. The van der Waals surface area contributed by atoms with Crippen LogP contribution in [0.4, 0.5) is 4.39 Å². The Morgan fingerprint density at radius 2 is 1.97 bits per heavy atom. The first-order chi connectivity index (χ1) is 17.8. The molecule has 0 saturated heterocycles. The number of fused-ring (bicyclic) bond motifs is 3. The van der Waals surface area contributed by atoms with Crippen molar-refractivity contribution in [2.45, 2.75) is 57.2 Å². The number of carbonyl (C=O) groups is 1. The number of ether oxygens (including phenoxy) is 2. The van der Waals surface area contributed by atoms with E-state index in [4.69, 9.17) is 9.47 Å². The van der Waals surface area contributed by atoms with E-state index in [1.807, 2.05) is 37.3 Å². The number of aliphatic hydroxyl groups is 1. The number of pyridine rings is 1. The fourth-order valence-corrected chi connectivity index (χ4v) is 5.73. The van der Waals surface area contributed by atoms with Crippen LogP contribution in [0.2, 0.25) is 0 Å². The number of benzene rings is 2. The third-order valence-corrected chi connectivity index (χ3v) is 8.06. The number of aromatic nitrogens is 1. The van der Waals surface area contributed by atoms with E-state index >= 15 is 0 Å². The van der Waals surface area contributed by atoms with Gasteiger partial charge in [0.25, 0.3) is 0 Å². The second-order valence-corrected chi connectivity index (χ2v) is 10.7. The van der Waals surface area contributed by atoms with Crippen LogP contribution in [0.1, 0.15) is 54.0 Å². The third-order valence-electron chi connectivity index (χ3n) is 8.06. The molecule has 0 amide bonds. The van der Waals surface area contributed by atoms with Gasteiger partial charge in [0.1, 0.15) is 18.2 Å². The number of rotatable bonds is 10. The van der Waals surface area contributed by atoms with Crippen molar-refractivity contribution in [1.29, 1.82) is 0 Å². The zero-order valence-electron chi connectivity index (χ0n) is 20.7. The van der Waals surface area contributed by atoms with E-state index in [1.54, 1.807) is 12.1 Å². The molecule has 0 spiro atoms. The first-order valence-corrected chi connectivity index (χ1v) is 12.9. The molecule has 0 aliphatic heterocycles. The first kappa shape index (κ1) is 23.9. The predicted octanol–water partition coefficient (Wildman–Crippen LogP) is 5.43. The number of carboxylic acid groups (broad SMARTS) is 1. The quantitative estimate of drug-likeness (QED) is 0.359. The molecule has 192 valence electrons. The van der Waals surface area contributed by atoms with Crippen molar-refractivity contribution in [3.63, 3.8) is 0 Å². The molecule has 2 N–H and O–H groups in total. The molecule has 1 aromatic heterocycles. The van der Waals surface area contributed by atoms with Gasteiger partial charge >= 0.3 is 5.97 Å². The van der Waals surface area contributed by atoms with Gasteiger partial charge in [0, 0.05) is 28.8 Å². The fourth-order valence-electron chi connectivity index (χ4n) is 5.73. The SMILES string of the molecule is Cc1nc(OCCCC2(O)CC2)ccc1-c1ccc(F)c(COc2ccc3c(c2)C[C@H]2[C@H](C(=O)O)[C@@H]32)c1. The van der Waals surface area contributed by atoms with Gasteiger partial charge in [-0.1, -0.05) is 12.1 Å². The highest BCUT2D eigenvalue weighted by Gasteiger charge is 2.59. The summed E-state index contributed by atoms with van der Waals surface area (Å²) in [4.78, 5) is 15.9. The number of halogens is 1. The fraction of sp³-hybridized carbons (Fsp3) is 0.400. The van der Waals surface area contributed by atoms with Gasteiger partial charge in [0.2, 0.25) is 5.88 Å². The number of hydrogen-bond acceptors (Lipinski definition) is 5. The number of hydrogen-bond donors (Lipinski definition) is 2. The molecule has 3 aliphatic rings. The van der Waals surface area contributed by atoms with Gasteiger partial charge in [-0.2, -0.15) is 0 Å². The van der Waals surface area contributed by atoms with E-state index < -0.39 is 11.6 Å². The maximum absolute atomic E-state index is 14.6. The van der Waals surface area contributed by atoms with Crippen molar-refractivity contribution in [1.82, 2.24) is 4.98 Å². The van der Waals surface area contributed by atoms with Crippen molar-refractivity contribution in [3.8, 4) is 22.8 Å². The molecular weight excluding hydrogens is 473 g/mol. The molecular formula is C30H30FNO5. The maximum Gasteiger partial charge on any atom is 0.307 e. The van der Waals surface area contributed by atoms with Crippen LogP contribution in [-0.4, -0.2) is 33.4 Å². The Kier molecular flexibility index (Phi) is 5.91. The minimum absolute atomic E-state index is 0.0864. The van der Waals surface area contributed by atoms with Gasteiger partial charge in [-0.25, -0.2) is 9.37 Å². The highest BCUT2D eigenvalue weighted by Crippen LogP contribution is 2.61. The highest BCUT2D eigenvalue weighted by atomic mass is 19.1. The zero-order valence-corrected chi connectivity index (χ0v) is 20.7. The molecule has 37 heavy (non-hydrogen) atoms. The molecule has 2 fully saturated rings. The molecule has 3 atom stereocenters. The normalized spacial score (nSPS) is 22.2. The summed E-state index contributed by atoms with van der Waals surface area (Å²) in [6, 6.07) is 14.5. The van der Waals surface area contributed by atoms with Crippen molar-refractivity contribution >= 4 is 5.97 Å². The van der Waals surface area contributed by atoms with E-state index in [2.05, 4.69) is 4.98 Å². The number of nitrogens with zero attached hydrogens (tertiary/aromatic N) is 1. The summed E-state index contributed by atoms with van der Waals surface area (Å²) in [6.07, 6.45) is 4.06. The lowest BCUT2D eigenvalue weighted by Crippen LogP contribution is -2.09. The van der Waals surface area contributed by atoms with Gasteiger partial charge in [0.15, 0.2) is 0 Å². The standard InChI is InChI=1S/C30H30FNO5/c1-17-22(6-8-26(32-17)36-12-2-9-30(35)10-11-30)18-3-7-25(31)20(13-18)16-37-21-4-5-23-19(14-21)15-24-27(23)28(24)29(33)34/h3-8,13-14,24,27-28,35H,2,9-12,15-16H2,1H3,(H,33,34)/t24-,27+,28+/m1/s1. The molecule has 0 bridgehead atoms. The summed E-state index contributed by atoms with van der Waals surface area (Å²) >= 11 is 0. The van der Waals surface area contributed by atoms with Crippen molar-refractivity contribution in [2.75, 3.05) is 6.61 Å². The van der Waals surface area contributed by atoms with E-state index in [0.29, 0.717) is 23.8 Å². The molecule has 2 saturated carbocycles. The zero-order chi connectivity index (χ0) is 25.7. The lowest BCUT2D eigenvalue weighted by Gasteiger charge is -2.13. The average Bonchev–Trinajstić information content (AvgIpc) is 3.76. The van der Waals surface area contributed by atoms with E-state index in [9.17, 15) is 19.4 Å². The van der Waals surface area contributed by atoms with Gasteiger partial charge in [-0.3, -0.25) is 4.79 Å². The van der Waals surface area contributed by atoms with Crippen LogP contribution < -0.4 is 9.47 Å². The molecule has 1 heterocycles. The Hall–Kier alpha value is -3.45. The summed E-state index contributed by atoms with van der Waals surface area (Å²) < 4.78 is 26.3. The van der Waals surface area contributed by atoms with Gasteiger partial charge in [-0.15, -0.1) is 0 Å². The predicted molar refractivity (Wildman–Crippen MR) is 135 cm³/mol. The molecule has 6 rings (SSSR count). The maximum atomic E-state index is 14.6. The van der Waals surface area contributed by atoms with Gasteiger partial charge < -0.3 is 19.7 Å². The molecule has 3 aliphatic carbocycles. The minimum atomic E-state index is -0.714. The summed E-state index contributed by atoms with van der Waals surface area (Å²) in [5.41, 5.74) is 4.75. The Morgan fingerprint density at radius 3 is 2.73 bits per heavy atom. The number of aliphatic carboxylic acids is 1. The Bertz CT molecular complexity index is 1370. The van der Waals surface area contributed by atoms with Crippen molar-refractivity contribution in [2.24, 2.45) is 11.8 Å². The van der Waals surface area contributed by atoms with Crippen LogP contribution in [0.5, 0.6) is 11.6 Å². The topological polar surface area (TPSA) is 88.9 Å². The van der Waals surface area contributed by atoms with Gasteiger partial charge in [0.05, 0.1) is 18.1 Å². The second kappa shape index (κ2) is 9.14. The lowest BCUT2D eigenvalue weighted by atomic mass is 10.0. The molecule has 3 aromatic rings. The van der Waals surface area contributed by atoms with Crippen molar-refractivity contribution < 1.29 is 28.9 Å². The van der Waals surface area contributed by atoms with Crippen LogP contribution in [0.15, 0.2) is 48.5 Å². The van der Waals surface area contributed by atoms with Crippen LogP contribution in [0.3, 0.4) is 0 Å². The van der Waals surface area contributed by atoms with Gasteiger partial charge in [-0.05, 0) is 92.0 Å². The summed E-state index contributed by atoms with van der Waals surface area (Å²) in [5.74, 6) is 0.214. The van der Waals surface area contributed by atoms with E-state index in [0.717, 1.165) is 60.1 Å². The second-order valence-electron chi connectivity index (χ2n) is 10.7. The highest BCUT2D eigenvalue weighted by molar-refractivity contribution is 5.78. The van der Waals surface area contributed by atoms with Crippen LogP contribution in [0.25, 0.3) is 11.1 Å². The molecule has 2 aromatic carbocycles. The monoisotopic (exact) mass is 503 g/mol. The third kappa shape index (κ3) is 4.80. The molecule has 6 nitrogen and oxygen atoms in total. The summed E-state index contributed by atoms with van der Waals surface area (Å²) in [6.45, 7) is 2.50. The van der Waals surface area contributed by atoms with Crippen LogP contribution in [0, 0.1) is 24.6 Å². The number of carboxylic acids is 1. The Morgan fingerprint density at radius 1 is 1.14 bits per heavy atom.